The molecule has 0 bridgehead atoms. The van der Waals surface area contributed by atoms with Gasteiger partial charge in [0.05, 0.1) is 25.0 Å². The summed E-state index contributed by atoms with van der Waals surface area (Å²) in [6.07, 6.45) is 2.83. The average molecular weight is 935 g/mol. The summed E-state index contributed by atoms with van der Waals surface area (Å²) in [5.41, 5.74) is 1.73. The van der Waals surface area contributed by atoms with Crippen molar-refractivity contribution in [3.63, 3.8) is 0 Å². The molecule has 2 aliphatic heterocycles. The summed E-state index contributed by atoms with van der Waals surface area (Å²) in [6, 6.07) is 18.0. The number of nitrogens with one attached hydrogen (secondary N) is 3. The second-order valence-electron chi connectivity index (χ2n) is 18.0. The van der Waals surface area contributed by atoms with Gasteiger partial charge in [0.2, 0.25) is 11.8 Å². The highest BCUT2D eigenvalue weighted by molar-refractivity contribution is 5.91. The maximum absolute atomic E-state index is 13.2. The summed E-state index contributed by atoms with van der Waals surface area (Å²) in [5, 5.41) is 8.34. The molecule has 2 heterocycles. The van der Waals surface area contributed by atoms with E-state index in [0.717, 1.165) is 24.0 Å². The fourth-order valence-electron chi connectivity index (χ4n) is 8.80. The van der Waals surface area contributed by atoms with Gasteiger partial charge in [-0.1, -0.05) is 74.5 Å². The Kier molecular flexibility index (Phi) is 22.0. The van der Waals surface area contributed by atoms with Crippen molar-refractivity contribution >= 4 is 41.7 Å². The molecule has 2 aliphatic carbocycles. The fraction of sp³-hybridized carbons (Fsp3) is 0.620. The molecule has 0 radical (unpaired) electrons. The summed E-state index contributed by atoms with van der Waals surface area (Å²) < 4.78 is 20.9. The van der Waals surface area contributed by atoms with Crippen LogP contribution in [0.25, 0.3) is 0 Å². The molecule has 2 aromatic rings. The zero-order valence-corrected chi connectivity index (χ0v) is 40.7. The van der Waals surface area contributed by atoms with Crippen molar-refractivity contribution in [1.29, 1.82) is 0 Å². The predicted octanol–water partition coefficient (Wildman–Crippen LogP) is 5.38. The molecule has 4 fully saturated rings. The molecule has 17 heteroatoms. The van der Waals surface area contributed by atoms with Crippen LogP contribution in [0.2, 0.25) is 0 Å². The first-order valence-electron chi connectivity index (χ1n) is 23.9. The van der Waals surface area contributed by atoms with Crippen molar-refractivity contribution < 1.29 is 52.5 Å². The number of carbonyl (C=O) groups excluding carboxylic acids is 7. The number of nitrogens with zero attached hydrogens (tertiary/aromatic N) is 3. The SMILES string of the molecule is CCOC(=O)[C@@H]1CC(=O)CCC1N1CC[C@H](NC(=O)OCc2ccccc2)C1=O.CCOC(=O)[C@@H]1C[C@H](N(C)C(C)C)CCC1N1CC[C@H](NC(=O)OCc2ccccc2)C1=O.CNC(C)C. The Bertz CT molecular complexity index is 1920. The van der Waals surface area contributed by atoms with Crippen LogP contribution >= 0.6 is 0 Å². The van der Waals surface area contributed by atoms with E-state index in [1.165, 1.54) is 0 Å². The van der Waals surface area contributed by atoms with Crippen LogP contribution in [0.1, 0.15) is 104 Å². The first-order valence-corrected chi connectivity index (χ1v) is 23.9. The number of likely N-dealkylation sites (tertiary alicyclic amines) is 2. The van der Waals surface area contributed by atoms with E-state index < -0.39 is 36.2 Å². The van der Waals surface area contributed by atoms with Crippen LogP contribution in [-0.2, 0) is 56.1 Å². The lowest BCUT2D eigenvalue weighted by Gasteiger charge is -2.43. The molecule has 2 aromatic carbocycles. The van der Waals surface area contributed by atoms with Crippen LogP contribution in [0, 0.1) is 11.8 Å². The predicted molar refractivity (Wildman–Crippen MR) is 251 cm³/mol. The minimum atomic E-state index is -0.696. The smallest absolute Gasteiger partial charge is 0.408 e. The lowest BCUT2D eigenvalue weighted by Crippen LogP contribution is -2.53. The van der Waals surface area contributed by atoms with Gasteiger partial charge in [-0.2, -0.15) is 0 Å². The number of rotatable bonds is 15. The third-order valence-corrected chi connectivity index (χ3v) is 12.9. The quantitative estimate of drug-likeness (QED) is 0.152. The van der Waals surface area contributed by atoms with Gasteiger partial charge in [0.15, 0.2) is 0 Å². The molecule has 17 nitrogen and oxygen atoms in total. The lowest BCUT2D eigenvalue weighted by atomic mass is 9.80. The van der Waals surface area contributed by atoms with E-state index in [1.54, 1.807) is 23.6 Å². The molecule has 370 valence electrons. The number of benzene rings is 2. The molecule has 0 spiro atoms. The molecule has 6 rings (SSSR count). The molecular weight excluding hydrogens is 861 g/mol. The molecule has 2 unspecified atom stereocenters. The summed E-state index contributed by atoms with van der Waals surface area (Å²) in [6.45, 7) is 13.7. The first-order chi connectivity index (χ1) is 32.1. The Labute approximate surface area is 396 Å². The van der Waals surface area contributed by atoms with Crippen LogP contribution < -0.4 is 16.0 Å². The van der Waals surface area contributed by atoms with Gasteiger partial charge in [0.25, 0.3) is 0 Å². The van der Waals surface area contributed by atoms with Crippen LogP contribution in [0.5, 0.6) is 0 Å². The van der Waals surface area contributed by atoms with E-state index in [4.69, 9.17) is 18.9 Å². The first kappa shape index (κ1) is 54.1. The highest BCUT2D eigenvalue weighted by Crippen LogP contribution is 2.35. The molecule has 4 aliphatic rings. The lowest BCUT2D eigenvalue weighted by molar-refractivity contribution is -0.156. The number of carbonyl (C=O) groups is 7. The Morgan fingerprint density at radius 3 is 1.54 bits per heavy atom. The van der Waals surface area contributed by atoms with Crippen molar-refractivity contribution in [3.8, 4) is 0 Å². The molecule has 4 amide bonds. The number of alkyl carbamates (subject to hydrolysis) is 2. The molecule has 0 aromatic heterocycles. The maximum Gasteiger partial charge on any atom is 0.408 e. The number of ketones is 1. The van der Waals surface area contributed by atoms with E-state index in [-0.39, 0.29) is 73.9 Å². The normalized spacial score (nSPS) is 23.7. The van der Waals surface area contributed by atoms with Gasteiger partial charge in [0, 0.05) is 56.1 Å². The van der Waals surface area contributed by atoms with E-state index in [9.17, 15) is 33.6 Å². The van der Waals surface area contributed by atoms with E-state index in [0.29, 0.717) is 63.9 Å². The number of Topliss-reactive ketones (excluding diaryl/α,β-unsaturated/α-hetero) is 1. The molecule has 67 heavy (non-hydrogen) atoms. The molecular formula is C50H74N6O11. The Balaban J connectivity index is 0.000000267. The van der Waals surface area contributed by atoms with Crippen LogP contribution in [0.15, 0.2) is 60.7 Å². The zero-order chi connectivity index (χ0) is 49.0. The second-order valence-corrected chi connectivity index (χ2v) is 18.0. The number of hydrogen-bond donors (Lipinski definition) is 3. The number of ether oxygens (including phenoxy) is 4. The molecule has 7 atom stereocenters. The average Bonchev–Trinajstić information content (AvgIpc) is 3.87. The zero-order valence-electron chi connectivity index (χ0n) is 40.7. The summed E-state index contributed by atoms with van der Waals surface area (Å²) in [7, 11) is 4.03. The van der Waals surface area contributed by atoms with Crippen molar-refractivity contribution in [2.24, 2.45) is 11.8 Å². The Morgan fingerprint density at radius 2 is 1.10 bits per heavy atom. The summed E-state index contributed by atoms with van der Waals surface area (Å²) in [5.74, 6) is -2.10. The van der Waals surface area contributed by atoms with E-state index in [1.807, 2.05) is 67.7 Å². The van der Waals surface area contributed by atoms with Gasteiger partial charge in [-0.15, -0.1) is 0 Å². The highest BCUT2D eigenvalue weighted by Gasteiger charge is 2.47. The van der Waals surface area contributed by atoms with Gasteiger partial charge < -0.3 is 49.6 Å². The van der Waals surface area contributed by atoms with Gasteiger partial charge in [-0.25, -0.2) is 9.59 Å². The fourth-order valence-corrected chi connectivity index (χ4v) is 8.80. The summed E-state index contributed by atoms with van der Waals surface area (Å²) >= 11 is 0. The van der Waals surface area contributed by atoms with Gasteiger partial charge in [-0.05, 0) is 91.4 Å². The second kappa shape index (κ2) is 27.3. The number of hydrogen-bond acceptors (Lipinski definition) is 13. The molecule has 3 N–H and O–H groups in total. The van der Waals surface area contributed by atoms with Gasteiger partial charge in [-0.3, -0.25) is 24.0 Å². The highest BCUT2D eigenvalue weighted by atomic mass is 16.6. The van der Waals surface area contributed by atoms with Gasteiger partial charge in [0.1, 0.15) is 31.1 Å². The van der Waals surface area contributed by atoms with Gasteiger partial charge >= 0.3 is 24.1 Å². The van der Waals surface area contributed by atoms with E-state index in [2.05, 4.69) is 55.6 Å². The maximum atomic E-state index is 13.2. The van der Waals surface area contributed by atoms with Crippen LogP contribution in [0.3, 0.4) is 0 Å². The summed E-state index contributed by atoms with van der Waals surface area (Å²) in [4.78, 5) is 93.0. The van der Waals surface area contributed by atoms with Crippen molar-refractivity contribution in [1.82, 2.24) is 30.7 Å². The largest absolute Gasteiger partial charge is 0.466 e. The minimum absolute atomic E-state index is 0.00473. The monoisotopic (exact) mass is 935 g/mol. The Hall–Kier alpha value is -5.55. The van der Waals surface area contributed by atoms with Crippen molar-refractivity contribution in [2.45, 2.75) is 148 Å². The third-order valence-electron chi connectivity index (χ3n) is 12.9. The molecule has 2 saturated heterocycles. The number of amides is 4. The van der Waals surface area contributed by atoms with Crippen LogP contribution in [-0.4, -0.2) is 139 Å². The minimum Gasteiger partial charge on any atom is -0.466 e. The third kappa shape index (κ3) is 16.3. The van der Waals surface area contributed by atoms with Crippen molar-refractivity contribution in [3.05, 3.63) is 71.8 Å². The van der Waals surface area contributed by atoms with Crippen molar-refractivity contribution in [2.75, 3.05) is 40.4 Å². The van der Waals surface area contributed by atoms with Crippen LogP contribution in [0.4, 0.5) is 9.59 Å². The Morgan fingerprint density at radius 1 is 0.657 bits per heavy atom. The topological polar surface area (TPSA) is 202 Å². The molecule has 2 saturated carbocycles. The van der Waals surface area contributed by atoms with E-state index >= 15 is 0 Å². The standard InChI is InChI=1S/C25H37N3O5.C21H26N2O6.C4H11N/c1-5-32-24(30)20-15-19(27(4)17(2)3)11-12-22(20)28-14-13-21(23(28)29)26-25(31)33-16-18-9-7-6-8-10-18;1-2-28-20(26)16-12-15(24)8-9-18(16)23-11-10-17(19(23)25)22-21(27)29-13-14-6-4-3-5-7-14;1-4(2)5-3/h6-10,17,19-22H,5,11-16H2,1-4H3,(H,26,31);3-7,16-18H,2,8-13H2,1H3,(H,22,27);4-5H,1-3H3/t19-,20-,21+,22?;16-,17+,18?;/m11./s1. The number of esters is 2.